The molecule has 0 N–H and O–H groups in total. The van der Waals surface area contributed by atoms with Crippen LogP contribution in [0.3, 0.4) is 0 Å². The summed E-state index contributed by atoms with van der Waals surface area (Å²) in [6, 6.07) is 7.96. The lowest BCUT2D eigenvalue weighted by molar-refractivity contribution is 0.102. The van der Waals surface area contributed by atoms with Crippen molar-refractivity contribution in [3.05, 3.63) is 35.4 Å². The van der Waals surface area contributed by atoms with Crippen molar-refractivity contribution in [1.82, 2.24) is 0 Å². The Morgan fingerprint density at radius 1 is 1.25 bits per heavy atom. The highest BCUT2D eigenvalue weighted by molar-refractivity contribution is 9.09. The highest BCUT2D eigenvalue weighted by Crippen LogP contribution is 2.34. The average Bonchev–Trinajstić information content (AvgIpc) is 2.26. The van der Waals surface area contributed by atoms with E-state index in [9.17, 15) is 4.79 Å². The van der Waals surface area contributed by atoms with Gasteiger partial charge in [0.25, 0.3) is 0 Å². The van der Waals surface area contributed by atoms with Gasteiger partial charge < -0.3 is 0 Å². The molecule has 0 radical (unpaired) electrons. The smallest absolute Gasteiger partial charge is 0.173 e. The van der Waals surface area contributed by atoms with Crippen LogP contribution in [0.25, 0.3) is 0 Å². The zero-order valence-electron chi connectivity index (χ0n) is 10.4. The number of carbonyl (C=O) groups is 1. The van der Waals surface area contributed by atoms with Crippen LogP contribution < -0.4 is 0 Å². The molecule has 0 spiro atoms. The molecule has 1 rings (SSSR count). The molecule has 0 fully saturated rings. The van der Waals surface area contributed by atoms with Gasteiger partial charge in [0.15, 0.2) is 5.78 Å². The Balaban J connectivity index is 2.91. The molecule has 0 amide bonds. The normalized spacial score (nSPS) is 13.6. The summed E-state index contributed by atoms with van der Waals surface area (Å²) < 4.78 is 0. The number of carbonyl (C=O) groups excluding carboxylic acids is 1. The van der Waals surface area contributed by atoms with Gasteiger partial charge in [-0.2, -0.15) is 0 Å². The average molecular weight is 283 g/mol. The summed E-state index contributed by atoms with van der Waals surface area (Å²) in [4.78, 5) is 11.4. The summed E-state index contributed by atoms with van der Waals surface area (Å²) in [7, 11) is 0. The second kappa shape index (κ2) is 5.13. The zero-order chi connectivity index (χ0) is 12.3. The molecule has 0 saturated carbocycles. The van der Waals surface area contributed by atoms with Crippen molar-refractivity contribution >= 4 is 21.7 Å². The minimum Gasteiger partial charge on any atom is -0.293 e. The molecule has 0 aromatic heterocycles. The van der Waals surface area contributed by atoms with Crippen molar-refractivity contribution < 1.29 is 4.79 Å². The van der Waals surface area contributed by atoms with Crippen molar-refractivity contribution in [2.75, 3.05) is 5.33 Å². The standard InChI is InChI=1S/C14H19BrO/c1-10(14(2,3)4)11-5-7-12(8-6-11)13(16)9-15/h5-8,10H,9H2,1-4H3. The number of hydrogen-bond acceptors (Lipinski definition) is 1. The molecule has 16 heavy (non-hydrogen) atoms. The fraction of sp³-hybridized carbons (Fsp3) is 0.500. The van der Waals surface area contributed by atoms with Gasteiger partial charge in [0.2, 0.25) is 0 Å². The molecular formula is C14H19BrO. The summed E-state index contributed by atoms with van der Waals surface area (Å²) in [5, 5.41) is 0.390. The van der Waals surface area contributed by atoms with E-state index in [1.807, 2.05) is 12.1 Å². The van der Waals surface area contributed by atoms with Gasteiger partial charge in [-0.15, -0.1) is 0 Å². The Hall–Kier alpha value is -0.630. The third-order valence-corrected chi connectivity index (χ3v) is 3.66. The quantitative estimate of drug-likeness (QED) is 0.593. The van der Waals surface area contributed by atoms with E-state index < -0.39 is 0 Å². The van der Waals surface area contributed by atoms with Crippen LogP contribution in [-0.4, -0.2) is 11.1 Å². The summed E-state index contributed by atoms with van der Waals surface area (Å²) in [5.74, 6) is 0.621. The lowest BCUT2D eigenvalue weighted by atomic mass is 9.78. The van der Waals surface area contributed by atoms with Crippen LogP contribution in [0.4, 0.5) is 0 Å². The van der Waals surface area contributed by atoms with Crippen LogP contribution in [0.1, 0.15) is 49.5 Å². The number of ketones is 1. The first-order valence-electron chi connectivity index (χ1n) is 5.55. The predicted octanol–water partition coefficient (Wildman–Crippen LogP) is 4.41. The first-order valence-corrected chi connectivity index (χ1v) is 6.67. The van der Waals surface area contributed by atoms with Crippen molar-refractivity contribution in [3.8, 4) is 0 Å². The zero-order valence-corrected chi connectivity index (χ0v) is 12.0. The Morgan fingerprint density at radius 2 is 1.75 bits per heavy atom. The molecule has 0 aliphatic carbocycles. The van der Waals surface area contributed by atoms with E-state index in [0.29, 0.717) is 11.2 Å². The molecule has 0 aliphatic rings. The van der Waals surface area contributed by atoms with Gasteiger partial charge in [-0.3, -0.25) is 4.79 Å². The molecule has 0 aliphatic heterocycles. The van der Waals surface area contributed by atoms with E-state index in [0.717, 1.165) is 5.56 Å². The maximum absolute atomic E-state index is 11.4. The number of hydrogen-bond donors (Lipinski definition) is 0. The number of Topliss-reactive ketones (excluding diaryl/α,β-unsaturated/α-hetero) is 1. The Morgan fingerprint density at radius 3 is 2.12 bits per heavy atom. The summed E-state index contributed by atoms with van der Waals surface area (Å²) in [6.45, 7) is 8.92. The maximum atomic E-state index is 11.4. The van der Waals surface area contributed by atoms with E-state index in [-0.39, 0.29) is 11.2 Å². The van der Waals surface area contributed by atoms with Crippen molar-refractivity contribution in [2.45, 2.75) is 33.6 Å². The molecule has 88 valence electrons. The summed E-state index contributed by atoms with van der Waals surface area (Å²) in [6.07, 6.45) is 0. The third kappa shape index (κ3) is 3.18. The van der Waals surface area contributed by atoms with Crippen molar-refractivity contribution in [2.24, 2.45) is 5.41 Å². The van der Waals surface area contributed by atoms with Gasteiger partial charge in [0.05, 0.1) is 5.33 Å². The van der Waals surface area contributed by atoms with Crippen LogP contribution in [-0.2, 0) is 0 Å². The summed E-state index contributed by atoms with van der Waals surface area (Å²) >= 11 is 3.18. The maximum Gasteiger partial charge on any atom is 0.173 e. The number of alkyl halides is 1. The first-order chi connectivity index (χ1) is 7.36. The largest absolute Gasteiger partial charge is 0.293 e. The molecule has 1 aromatic carbocycles. The minimum absolute atomic E-state index is 0.134. The van der Waals surface area contributed by atoms with Gasteiger partial charge in [0, 0.05) is 5.56 Å². The van der Waals surface area contributed by atoms with Gasteiger partial charge in [-0.1, -0.05) is 67.9 Å². The Labute approximate surface area is 106 Å². The van der Waals surface area contributed by atoms with E-state index in [1.165, 1.54) is 5.56 Å². The molecule has 1 aromatic rings. The van der Waals surface area contributed by atoms with E-state index in [2.05, 4.69) is 55.8 Å². The molecule has 0 heterocycles. The highest BCUT2D eigenvalue weighted by Gasteiger charge is 2.21. The van der Waals surface area contributed by atoms with Crippen LogP contribution in [0.5, 0.6) is 0 Å². The molecule has 0 bridgehead atoms. The Bertz CT molecular complexity index is 359. The fourth-order valence-electron chi connectivity index (χ4n) is 1.53. The number of halogens is 1. The SMILES string of the molecule is CC(c1ccc(C(=O)CBr)cc1)C(C)(C)C. The van der Waals surface area contributed by atoms with Crippen molar-refractivity contribution in [1.29, 1.82) is 0 Å². The number of rotatable bonds is 3. The molecule has 1 atom stereocenters. The lowest BCUT2D eigenvalue weighted by Gasteiger charge is -2.27. The Kier molecular flexibility index (Phi) is 4.31. The van der Waals surface area contributed by atoms with Crippen LogP contribution >= 0.6 is 15.9 Å². The molecular weight excluding hydrogens is 264 g/mol. The minimum atomic E-state index is 0.134. The molecule has 2 heteroatoms. The van der Waals surface area contributed by atoms with Gasteiger partial charge in [-0.05, 0) is 16.9 Å². The monoisotopic (exact) mass is 282 g/mol. The van der Waals surface area contributed by atoms with Crippen LogP contribution in [0.2, 0.25) is 0 Å². The lowest BCUT2D eigenvalue weighted by Crippen LogP contribution is -2.15. The van der Waals surface area contributed by atoms with Crippen molar-refractivity contribution in [3.63, 3.8) is 0 Å². The van der Waals surface area contributed by atoms with Crippen LogP contribution in [0.15, 0.2) is 24.3 Å². The second-order valence-electron chi connectivity index (χ2n) is 5.27. The van der Waals surface area contributed by atoms with E-state index in [4.69, 9.17) is 0 Å². The topological polar surface area (TPSA) is 17.1 Å². The first kappa shape index (κ1) is 13.4. The second-order valence-corrected chi connectivity index (χ2v) is 5.83. The molecule has 1 unspecified atom stereocenters. The number of benzene rings is 1. The van der Waals surface area contributed by atoms with Gasteiger partial charge in [0.1, 0.15) is 0 Å². The van der Waals surface area contributed by atoms with E-state index >= 15 is 0 Å². The van der Waals surface area contributed by atoms with E-state index in [1.54, 1.807) is 0 Å². The van der Waals surface area contributed by atoms with Crippen LogP contribution in [0, 0.1) is 5.41 Å². The fourth-order valence-corrected chi connectivity index (χ4v) is 1.86. The highest BCUT2D eigenvalue weighted by atomic mass is 79.9. The molecule has 1 nitrogen and oxygen atoms in total. The molecule has 0 saturated heterocycles. The van der Waals surface area contributed by atoms with Gasteiger partial charge in [-0.25, -0.2) is 0 Å². The van der Waals surface area contributed by atoms with Gasteiger partial charge >= 0.3 is 0 Å². The summed E-state index contributed by atoms with van der Waals surface area (Å²) in [5.41, 5.74) is 2.32. The third-order valence-electron chi connectivity index (χ3n) is 3.15. The predicted molar refractivity (Wildman–Crippen MR) is 72.4 cm³/mol.